The Balaban J connectivity index is 2.58. The third-order valence-corrected chi connectivity index (χ3v) is 3.68. The molecule has 1 atom stereocenters. The third kappa shape index (κ3) is 1.44. The molecule has 1 aliphatic rings. The molecule has 2 rings (SSSR count). The molecule has 78 valence electrons. The molecule has 0 fully saturated rings. The van der Waals surface area contributed by atoms with Crippen LogP contribution in [0.25, 0.3) is 0 Å². The van der Waals surface area contributed by atoms with E-state index in [1.165, 1.54) is 24.0 Å². The van der Waals surface area contributed by atoms with E-state index < -0.39 is 0 Å². The van der Waals surface area contributed by atoms with E-state index in [1.807, 2.05) is 6.21 Å². The molecule has 0 bridgehead atoms. The molecule has 0 saturated carbocycles. The van der Waals surface area contributed by atoms with Gasteiger partial charge in [0.2, 0.25) is 0 Å². The topological polar surface area (TPSA) is 14.1 Å². The second-order valence-corrected chi connectivity index (χ2v) is 4.66. The average Bonchev–Trinajstić information content (AvgIpc) is 2.60. The van der Waals surface area contributed by atoms with Gasteiger partial charge in [0.15, 0.2) is 0 Å². The van der Waals surface area contributed by atoms with Crippen LogP contribution < -0.4 is 4.67 Å². The maximum atomic E-state index is 4.03. The van der Waals surface area contributed by atoms with Crippen molar-refractivity contribution < 1.29 is 0 Å². The summed E-state index contributed by atoms with van der Waals surface area (Å²) in [5.74, 6) is 0.576. The van der Waals surface area contributed by atoms with Crippen LogP contribution in [0, 0.1) is 5.92 Å². The van der Waals surface area contributed by atoms with Crippen LogP contribution in [0.1, 0.15) is 31.4 Å². The van der Waals surface area contributed by atoms with Gasteiger partial charge in [0.1, 0.15) is 0 Å². The lowest BCUT2D eigenvalue weighted by molar-refractivity contribution is 0.420. The van der Waals surface area contributed by atoms with Crippen molar-refractivity contribution >= 4 is 12.9 Å². The molecule has 0 aliphatic heterocycles. The van der Waals surface area contributed by atoms with Crippen molar-refractivity contribution in [3.8, 4) is 0 Å². The van der Waals surface area contributed by atoms with E-state index in [-0.39, 0.29) is 5.41 Å². The summed E-state index contributed by atoms with van der Waals surface area (Å²) in [7, 11) is 0. The molecular formula is C14H18N+. The van der Waals surface area contributed by atoms with E-state index in [4.69, 9.17) is 0 Å². The molecule has 0 aromatic heterocycles. The zero-order chi connectivity index (χ0) is 10.9. The number of benzene rings is 1. The summed E-state index contributed by atoms with van der Waals surface area (Å²) in [5.41, 5.74) is 3.05. The molecule has 15 heavy (non-hydrogen) atoms. The highest BCUT2D eigenvalue weighted by Crippen LogP contribution is 2.42. The van der Waals surface area contributed by atoms with Crippen molar-refractivity contribution in [2.24, 2.45) is 5.92 Å². The van der Waals surface area contributed by atoms with Crippen LogP contribution in [0.5, 0.6) is 0 Å². The van der Waals surface area contributed by atoms with Crippen molar-refractivity contribution in [3.05, 3.63) is 35.4 Å². The molecule has 1 heteroatoms. The van der Waals surface area contributed by atoms with Gasteiger partial charge in [-0.1, -0.05) is 38.1 Å². The molecule has 0 amide bonds. The van der Waals surface area contributed by atoms with E-state index in [9.17, 15) is 0 Å². The van der Waals surface area contributed by atoms with Crippen LogP contribution in [0.3, 0.4) is 0 Å². The van der Waals surface area contributed by atoms with Crippen LogP contribution in [-0.2, 0) is 11.8 Å². The zero-order valence-corrected chi connectivity index (χ0v) is 9.53. The Kier molecular flexibility index (Phi) is 2.50. The Morgan fingerprint density at radius 2 is 2.13 bits per heavy atom. The van der Waals surface area contributed by atoms with Gasteiger partial charge in [-0.05, 0) is 29.9 Å². The Morgan fingerprint density at radius 1 is 1.40 bits per heavy atom. The van der Waals surface area contributed by atoms with Gasteiger partial charge in [0.05, 0.1) is 5.41 Å². The van der Waals surface area contributed by atoms with Gasteiger partial charge < -0.3 is 0 Å². The highest BCUT2D eigenvalue weighted by molar-refractivity contribution is 5.76. The molecule has 1 aromatic carbocycles. The van der Waals surface area contributed by atoms with Gasteiger partial charge >= 0.3 is 0 Å². The molecule has 0 heterocycles. The number of aryl methyl sites for hydroxylation is 1. The predicted molar refractivity (Wildman–Crippen MR) is 66.6 cm³/mol. The van der Waals surface area contributed by atoms with Gasteiger partial charge in [-0.25, -0.2) is 0 Å². The predicted octanol–water partition coefficient (Wildman–Crippen LogP) is 2.37. The van der Waals surface area contributed by atoms with E-state index in [1.54, 1.807) is 0 Å². The van der Waals surface area contributed by atoms with Crippen LogP contribution in [0.2, 0.25) is 0 Å². The van der Waals surface area contributed by atoms with Crippen molar-refractivity contribution in [1.82, 2.24) is 4.67 Å². The van der Waals surface area contributed by atoms with Gasteiger partial charge in [0.25, 0.3) is 12.9 Å². The molecule has 1 aliphatic carbocycles. The maximum absolute atomic E-state index is 4.03. The molecule has 1 aromatic rings. The van der Waals surface area contributed by atoms with Crippen molar-refractivity contribution in [1.29, 1.82) is 0 Å². The summed E-state index contributed by atoms with van der Waals surface area (Å²) in [4.78, 5) is 0. The Hall–Kier alpha value is -1.33. The Morgan fingerprint density at radius 3 is 2.80 bits per heavy atom. The minimum Gasteiger partial charge on any atom is -0.113 e. The summed E-state index contributed by atoms with van der Waals surface area (Å²) < 4.78 is 4.03. The summed E-state index contributed by atoms with van der Waals surface area (Å²) in [6, 6.07) is 8.72. The standard InChI is InChI=1S/C14H18N/c1-11(2)14(10-15-3)9-8-12-6-4-5-7-13(12)14/h4-7,10-11H,3,8-9H2,1-2H3/q+1. The van der Waals surface area contributed by atoms with Gasteiger partial charge in [0, 0.05) is 0 Å². The first-order valence-electron chi connectivity index (χ1n) is 5.59. The minimum absolute atomic E-state index is 0.123. The highest BCUT2D eigenvalue weighted by atomic mass is 14.6. The first-order chi connectivity index (χ1) is 7.20. The number of rotatable bonds is 2. The van der Waals surface area contributed by atoms with Crippen LogP contribution in [-0.4, -0.2) is 12.9 Å². The SMILES string of the molecule is C=[N+]=CC1(C(C)C)CCc2ccccc21. The monoisotopic (exact) mass is 200 g/mol. The fourth-order valence-electron chi connectivity index (χ4n) is 2.71. The fraction of sp³-hybridized carbons (Fsp3) is 0.429. The lowest BCUT2D eigenvalue weighted by Crippen LogP contribution is -2.32. The molecule has 1 unspecified atom stereocenters. The Labute approximate surface area is 91.6 Å². The van der Waals surface area contributed by atoms with E-state index >= 15 is 0 Å². The molecular weight excluding hydrogens is 182 g/mol. The Bertz CT molecular complexity index is 413. The lowest BCUT2D eigenvalue weighted by atomic mass is 9.73. The molecule has 0 N–H and O–H groups in total. The lowest BCUT2D eigenvalue weighted by Gasteiger charge is -2.25. The zero-order valence-electron chi connectivity index (χ0n) is 9.53. The second kappa shape index (κ2) is 3.67. The summed E-state index contributed by atoms with van der Waals surface area (Å²) in [6.45, 7) is 8.15. The smallest absolute Gasteiger partial charge is 0.113 e. The summed E-state index contributed by atoms with van der Waals surface area (Å²) in [6.07, 6.45) is 4.38. The number of hydrogen-bond acceptors (Lipinski definition) is 0. The van der Waals surface area contributed by atoms with Crippen LogP contribution in [0.4, 0.5) is 0 Å². The molecule has 0 saturated heterocycles. The van der Waals surface area contributed by atoms with E-state index in [2.05, 4.69) is 49.5 Å². The molecule has 0 spiro atoms. The van der Waals surface area contributed by atoms with E-state index in [0.29, 0.717) is 5.92 Å². The largest absolute Gasteiger partial charge is 0.279 e. The normalized spacial score (nSPS) is 23.7. The fourth-order valence-corrected chi connectivity index (χ4v) is 2.71. The van der Waals surface area contributed by atoms with Crippen molar-refractivity contribution in [3.63, 3.8) is 0 Å². The van der Waals surface area contributed by atoms with Crippen LogP contribution in [0.15, 0.2) is 24.3 Å². The van der Waals surface area contributed by atoms with Gasteiger partial charge in [-0.3, -0.25) is 0 Å². The van der Waals surface area contributed by atoms with Crippen molar-refractivity contribution in [2.75, 3.05) is 0 Å². The van der Waals surface area contributed by atoms with Crippen molar-refractivity contribution in [2.45, 2.75) is 32.1 Å². The van der Waals surface area contributed by atoms with Gasteiger partial charge in [-0.15, -0.1) is 4.67 Å². The number of fused-ring (bicyclic) bond motifs is 1. The van der Waals surface area contributed by atoms with Crippen LogP contribution >= 0.6 is 0 Å². The average molecular weight is 200 g/mol. The molecule has 0 radical (unpaired) electrons. The summed E-state index contributed by atoms with van der Waals surface area (Å²) >= 11 is 0. The highest BCUT2D eigenvalue weighted by Gasteiger charge is 2.43. The maximum Gasteiger partial charge on any atom is 0.279 e. The van der Waals surface area contributed by atoms with E-state index in [0.717, 1.165) is 0 Å². The molecule has 1 nitrogen and oxygen atoms in total. The number of hydrogen-bond donors (Lipinski definition) is 0. The third-order valence-electron chi connectivity index (χ3n) is 3.68. The van der Waals surface area contributed by atoms with Gasteiger partial charge in [-0.2, -0.15) is 0 Å². The minimum atomic E-state index is 0.123. The quantitative estimate of drug-likeness (QED) is 0.514. The number of nitrogens with zero attached hydrogens (tertiary/aromatic N) is 1. The first kappa shape index (κ1) is 10.2. The second-order valence-electron chi connectivity index (χ2n) is 4.66. The summed E-state index contributed by atoms with van der Waals surface area (Å²) in [5, 5.41) is 0. The first-order valence-corrected chi connectivity index (χ1v) is 5.59.